The third kappa shape index (κ3) is 6.89. The summed E-state index contributed by atoms with van der Waals surface area (Å²) in [7, 11) is -3.72. The summed E-state index contributed by atoms with van der Waals surface area (Å²) in [5.41, 5.74) is 5.16. The molecule has 0 unspecified atom stereocenters. The predicted molar refractivity (Wildman–Crippen MR) is 141 cm³/mol. The van der Waals surface area contributed by atoms with Crippen molar-refractivity contribution in [1.82, 2.24) is 5.43 Å². The standard InChI is InChI=1S/C28H23N3O5S/c1-20-6-5-7-23(18-20)28(33)36-25-16-10-21(11-17-25)19-29-30-27(32)22-12-14-24(15-13-22)31-37(34,35)26-8-3-2-4-9-26/h2-19,31H,1H3,(H,30,32)/b29-19+. The molecule has 0 aliphatic heterocycles. The number of nitrogens with zero attached hydrogens (tertiary/aromatic N) is 1. The number of hydrogen-bond donors (Lipinski definition) is 2. The minimum atomic E-state index is -3.72. The molecule has 0 fully saturated rings. The van der Waals surface area contributed by atoms with Gasteiger partial charge in [-0.1, -0.05) is 35.9 Å². The van der Waals surface area contributed by atoms with Crippen molar-refractivity contribution in [1.29, 1.82) is 0 Å². The molecule has 1 amide bonds. The van der Waals surface area contributed by atoms with Crippen molar-refractivity contribution < 1.29 is 22.7 Å². The van der Waals surface area contributed by atoms with Gasteiger partial charge in [0.1, 0.15) is 5.75 Å². The Balaban J connectivity index is 1.30. The van der Waals surface area contributed by atoms with Crippen molar-refractivity contribution in [3.8, 4) is 5.75 Å². The average Bonchev–Trinajstić information content (AvgIpc) is 2.90. The van der Waals surface area contributed by atoms with Gasteiger partial charge in [-0.15, -0.1) is 0 Å². The Morgan fingerprint density at radius 1 is 0.811 bits per heavy atom. The third-order valence-corrected chi connectivity index (χ3v) is 6.57. The Kier molecular flexibility index (Phi) is 7.75. The number of rotatable bonds is 8. The van der Waals surface area contributed by atoms with E-state index in [4.69, 9.17) is 4.74 Å². The third-order valence-electron chi connectivity index (χ3n) is 5.18. The van der Waals surface area contributed by atoms with Crippen LogP contribution in [0, 0.1) is 6.92 Å². The Morgan fingerprint density at radius 3 is 2.19 bits per heavy atom. The number of anilines is 1. The van der Waals surface area contributed by atoms with Gasteiger partial charge in [-0.2, -0.15) is 5.10 Å². The Morgan fingerprint density at radius 2 is 1.51 bits per heavy atom. The van der Waals surface area contributed by atoms with Gasteiger partial charge in [-0.3, -0.25) is 9.52 Å². The fraction of sp³-hybridized carbons (Fsp3) is 0.0357. The molecule has 4 aromatic carbocycles. The smallest absolute Gasteiger partial charge is 0.343 e. The second-order valence-electron chi connectivity index (χ2n) is 8.02. The molecule has 0 heterocycles. The highest BCUT2D eigenvalue weighted by Gasteiger charge is 2.14. The minimum Gasteiger partial charge on any atom is -0.423 e. The maximum absolute atomic E-state index is 12.4. The topological polar surface area (TPSA) is 114 Å². The minimum absolute atomic E-state index is 0.142. The van der Waals surface area contributed by atoms with Crippen LogP contribution in [0.2, 0.25) is 0 Å². The highest BCUT2D eigenvalue weighted by Crippen LogP contribution is 2.17. The van der Waals surface area contributed by atoms with Crippen molar-refractivity contribution in [2.75, 3.05) is 4.72 Å². The molecule has 4 rings (SSSR count). The van der Waals surface area contributed by atoms with E-state index in [1.54, 1.807) is 60.7 Å². The van der Waals surface area contributed by atoms with Gasteiger partial charge in [-0.25, -0.2) is 18.6 Å². The van der Waals surface area contributed by atoms with Crippen molar-refractivity contribution in [3.05, 3.63) is 125 Å². The molecule has 0 bridgehead atoms. The van der Waals surface area contributed by atoms with Crippen LogP contribution < -0.4 is 14.9 Å². The van der Waals surface area contributed by atoms with Gasteiger partial charge in [0, 0.05) is 11.3 Å². The van der Waals surface area contributed by atoms with Crippen LogP contribution in [0.4, 0.5) is 5.69 Å². The van der Waals surface area contributed by atoms with E-state index >= 15 is 0 Å². The van der Waals surface area contributed by atoms with Crippen molar-refractivity contribution in [2.24, 2.45) is 5.10 Å². The number of esters is 1. The van der Waals surface area contributed by atoms with E-state index < -0.39 is 21.9 Å². The van der Waals surface area contributed by atoms with Crippen LogP contribution in [-0.4, -0.2) is 26.5 Å². The van der Waals surface area contributed by atoms with E-state index in [2.05, 4.69) is 15.2 Å². The Labute approximate surface area is 214 Å². The molecule has 186 valence electrons. The van der Waals surface area contributed by atoms with E-state index in [-0.39, 0.29) is 4.90 Å². The summed E-state index contributed by atoms with van der Waals surface area (Å²) in [5.74, 6) is -0.524. The molecule has 37 heavy (non-hydrogen) atoms. The average molecular weight is 514 g/mol. The lowest BCUT2D eigenvalue weighted by Gasteiger charge is -2.08. The number of nitrogens with one attached hydrogen (secondary N) is 2. The number of carbonyl (C=O) groups is 2. The van der Waals surface area contributed by atoms with Crippen LogP contribution >= 0.6 is 0 Å². The van der Waals surface area contributed by atoms with Gasteiger partial charge >= 0.3 is 5.97 Å². The second-order valence-corrected chi connectivity index (χ2v) is 9.71. The Bertz CT molecular complexity index is 1530. The summed E-state index contributed by atoms with van der Waals surface area (Å²) in [6.07, 6.45) is 1.45. The molecule has 0 radical (unpaired) electrons. The van der Waals surface area contributed by atoms with Crippen LogP contribution in [0.15, 0.2) is 113 Å². The lowest BCUT2D eigenvalue weighted by atomic mass is 10.1. The fourth-order valence-electron chi connectivity index (χ4n) is 3.29. The number of ether oxygens (including phenoxy) is 1. The molecule has 8 nitrogen and oxygen atoms in total. The summed E-state index contributed by atoms with van der Waals surface area (Å²) in [4.78, 5) is 24.8. The summed E-state index contributed by atoms with van der Waals surface area (Å²) in [6.45, 7) is 1.90. The van der Waals surface area contributed by atoms with Crippen LogP contribution in [-0.2, 0) is 10.0 Å². The molecule has 2 N–H and O–H groups in total. The number of sulfonamides is 1. The lowest BCUT2D eigenvalue weighted by molar-refractivity contribution is 0.0734. The molecule has 0 aliphatic carbocycles. The molecule has 0 saturated carbocycles. The predicted octanol–water partition coefficient (Wildman–Crippen LogP) is 4.78. The summed E-state index contributed by atoms with van der Waals surface area (Å²) in [5, 5.41) is 3.94. The Hall–Kier alpha value is -4.76. The quantitative estimate of drug-likeness (QED) is 0.152. The molecule has 9 heteroatoms. The first kappa shape index (κ1) is 25.3. The first-order valence-electron chi connectivity index (χ1n) is 11.2. The van der Waals surface area contributed by atoms with Crippen molar-refractivity contribution >= 4 is 33.8 Å². The monoisotopic (exact) mass is 513 g/mol. The largest absolute Gasteiger partial charge is 0.423 e. The highest BCUT2D eigenvalue weighted by atomic mass is 32.2. The van der Waals surface area contributed by atoms with Gasteiger partial charge in [-0.05, 0) is 85.3 Å². The molecule has 4 aromatic rings. The van der Waals surface area contributed by atoms with E-state index in [0.717, 1.165) is 5.56 Å². The van der Waals surface area contributed by atoms with Crippen LogP contribution in [0.5, 0.6) is 5.75 Å². The zero-order chi connectivity index (χ0) is 26.3. The van der Waals surface area contributed by atoms with E-state index in [9.17, 15) is 18.0 Å². The summed E-state index contributed by atoms with van der Waals surface area (Å²) in [6, 6.07) is 27.8. The van der Waals surface area contributed by atoms with Gasteiger partial charge < -0.3 is 4.74 Å². The van der Waals surface area contributed by atoms with E-state index in [1.165, 1.54) is 42.6 Å². The normalized spacial score (nSPS) is 11.2. The van der Waals surface area contributed by atoms with Crippen molar-refractivity contribution in [3.63, 3.8) is 0 Å². The maximum Gasteiger partial charge on any atom is 0.343 e. The molecule has 0 saturated heterocycles. The van der Waals surface area contributed by atoms with Crippen LogP contribution in [0.3, 0.4) is 0 Å². The molecular formula is C28H23N3O5S. The lowest BCUT2D eigenvalue weighted by Crippen LogP contribution is -2.18. The maximum atomic E-state index is 12.4. The van der Waals surface area contributed by atoms with E-state index in [0.29, 0.717) is 28.1 Å². The SMILES string of the molecule is Cc1cccc(C(=O)Oc2ccc(/C=N/NC(=O)c3ccc(NS(=O)(=O)c4ccccc4)cc3)cc2)c1. The number of hydrogen-bond acceptors (Lipinski definition) is 6. The highest BCUT2D eigenvalue weighted by molar-refractivity contribution is 7.92. The molecule has 0 spiro atoms. The van der Waals surface area contributed by atoms with Crippen molar-refractivity contribution in [2.45, 2.75) is 11.8 Å². The number of aryl methyl sites for hydroxylation is 1. The molecule has 0 aromatic heterocycles. The second kappa shape index (κ2) is 11.3. The first-order valence-corrected chi connectivity index (χ1v) is 12.7. The number of amides is 1. The number of carbonyl (C=O) groups excluding carboxylic acids is 2. The number of benzene rings is 4. The first-order chi connectivity index (χ1) is 17.8. The summed E-state index contributed by atoms with van der Waals surface area (Å²) < 4.78 is 32.7. The number of hydrazone groups is 1. The zero-order valence-corrected chi connectivity index (χ0v) is 20.6. The summed E-state index contributed by atoms with van der Waals surface area (Å²) >= 11 is 0. The van der Waals surface area contributed by atoms with Gasteiger partial charge in [0.25, 0.3) is 15.9 Å². The van der Waals surface area contributed by atoms with Gasteiger partial charge in [0.15, 0.2) is 0 Å². The van der Waals surface area contributed by atoms with Gasteiger partial charge in [0.2, 0.25) is 0 Å². The molecular weight excluding hydrogens is 490 g/mol. The van der Waals surface area contributed by atoms with Crippen LogP contribution in [0.1, 0.15) is 31.8 Å². The van der Waals surface area contributed by atoms with Gasteiger partial charge in [0.05, 0.1) is 16.7 Å². The molecule has 0 aliphatic rings. The molecule has 0 atom stereocenters. The fourth-order valence-corrected chi connectivity index (χ4v) is 4.37. The van der Waals surface area contributed by atoms with Crippen LogP contribution in [0.25, 0.3) is 0 Å². The van der Waals surface area contributed by atoms with E-state index in [1.807, 2.05) is 13.0 Å². The zero-order valence-electron chi connectivity index (χ0n) is 19.8.